The van der Waals surface area contributed by atoms with Crippen molar-refractivity contribution in [1.82, 2.24) is 15.2 Å². The lowest BCUT2D eigenvalue weighted by atomic mass is 10.1. The molecule has 2 amide bonds. The zero-order valence-corrected chi connectivity index (χ0v) is 16.8. The lowest BCUT2D eigenvalue weighted by Gasteiger charge is -2.25. The number of nitrogens with one attached hydrogen (secondary N) is 1. The summed E-state index contributed by atoms with van der Waals surface area (Å²) in [6.07, 6.45) is 5.03. The Morgan fingerprint density at radius 2 is 2.07 bits per heavy atom. The third kappa shape index (κ3) is 5.04. The molecule has 28 heavy (non-hydrogen) atoms. The molecule has 1 aliphatic heterocycles. The van der Waals surface area contributed by atoms with Crippen LogP contribution in [0.15, 0.2) is 41.9 Å². The number of hydrogen-bond donors (Lipinski definition) is 1. The van der Waals surface area contributed by atoms with Gasteiger partial charge in [0.2, 0.25) is 17.6 Å². The van der Waals surface area contributed by atoms with Crippen molar-refractivity contribution in [2.24, 2.45) is 0 Å². The smallest absolute Gasteiger partial charge is 0.243 e. The minimum atomic E-state index is -0.658. The fraction of sp³-hybridized carbons (Fsp3) is 0.429. The molecule has 1 aromatic carbocycles. The second-order valence-electron chi connectivity index (χ2n) is 7.02. The van der Waals surface area contributed by atoms with Crippen molar-refractivity contribution in [3.8, 4) is 0 Å². The normalized spacial score (nSPS) is 17.3. The number of aromatic nitrogens is 1. The number of rotatable bonds is 8. The van der Waals surface area contributed by atoms with Gasteiger partial charge in [0.15, 0.2) is 5.01 Å². The number of benzene rings is 1. The van der Waals surface area contributed by atoms with Gasteiger partial charge in [-0.1, -0.05) is 30.3 Å². The summed E-state index contributed by atoms with van der Waals surface area (Å²) in [5.41, 5.74) is 1.21. The fourth-order valence-electron chi connectivity index (χ4n) is 3.48. The number of amides is 2. The second kappa shape index (κ2) is 9.59. The predicted octanol–water partition coefficient (Wildman–Crippen LogP) is 2.84. The second-order valence-corrected chi connectivity index (χ2v) is 7.91. The molecule has 1 saturated heterocycles. The first-order chi connectivity index (χ1) is 13.6. The first-order valence-electron chi connectivity index (χ1n) is 9.63. The molecule has 0 spiro atoms. The van der Waals surface area contributed by atoms with E-state index in [0.29, 0.717) is 24.4 Å². The third-order valence-corrected chi connectivity index (χ3v) is 5.76. The molecule has 1 fully saturated rings. The maximum absolute atomic E-state index is 12.7. The van der Waals surface area contributed by atoms with Crippen LogP contribution >= 0.6 is 11.3 Å². The van der Waals surface area contributed by atoms with E-state index in [-0.39, 0.29) is 17.6 Å². The van der Waals surface area contributed by atoms with Crippen molar-refractivity contribution in [3.05, 3.63) is 52.5 Å². The zero-order chi connectivity index (χ0) is 19.9. The summed E-state index contributed by atoms with van der Waals surface area (Å²) >= 11 is 1.25. The molecule has 0 radical (unpaired) electrons. The van der Waals surface area contributed by atoms with Crippen LogP contribution in [0.5, 0.6) is 0 Å². The summed E-state index contributed by atoms with van der Waals surface area (Å²) < 4.78 is 0. The molecule has 0 saturated carbocycles. The van der Waals surface area contributed by atoms with Gasteiger partial charge in [-0.2, -0.15) is 0 Å². The summed E-state index contributed by atoms with van der Waals surface area (Å²) in [6, 6.07) is 8.92. The molecule has 1 aliphatic rings. The molecule has 1 aromatic heterocycles. The monoisotopic (exact) mass is 399 g/mol. The molecule has 6 nitrogen and oxygen atoms in total. The van der Waals surface area contributed by atoms with Gasteiger partial charge in [-0.05, 0) is 38.2 Å². The van der Waals surface area contributed by atoms with Gasteiger partial charge in [-0.25, -0.2) is 4.98 Å². The van der Waals surface area contributed by atoms with Crippen molar-refractivity contribution >= 4 is 28.9 Å². The third-order valence-electron chi connectivity index (χ3n) is 4.97. The molecule has 2 atom stereocenters. The van der Waals surface area contributed by atoms with Crippen molar-refractivity contribution < 1.29 is 14.4 Å². The molecule has 0 bridgehead atoms. The van der Waals surface area contributed by atoms with Crippen molar-refractivity contribution in [2.75, 3.05) is 6.54 Å². The summed E-state index contributed by atoms with van der Waals surface area (Å²) in [4.78, 5) is 43.3. The first-order valence-corrected chi connectivity index (χ1v) is 10.5. The van der Waals surface area contributed by atoms with Crippen LogP contribution in [-0.4, -0.2) is 46.1 Å². The number of likely N-dealkylation sites (tertiary alicyclic amines) is 1. The maximum atomic E-state index is 12.7. The van der Waals surface area contributed by atoms with E-state index >= 15 is 0 Å². The lowest BCUT2D eigenvalue weighted by molar-refractivity contribution is -0.138. The molecule has 2 aromatic rings. The molecular formula is C21H25N3O3S. The van der Waals surface area contributed by atoms with E-state index in [4.69, 9.17) is 0 Å². The quantitative estimate of drug-likeness (QED) is 0.692. The van der Waals surface area contributed by atoms with Crippen LogP contribution in [0.2, 0.25) is 0 Å². The minimum Gasteiger partial charge on any atom is -0.344 e. The Morgan fingerprint density at radius 3 is 2.79 bits per heavy atom. The molecule has 2 heterocycles. The Kier molecular flexibility index (Phi) is 6.92. The molecule has 7 heteroatoms. The van der Waals surface area contributed by atoms with Gasteiger partial charge in [0, 0.05) is 24.5 Å². The predicted molar refractivity (Wildman–Crippen MR) is 108 cm³/mol. The van der Waals surface area contributed by atoms with Crippen molar-refractivity contribution in [1.29, 1.82) is 0 Å². The van der Waals surface area contributed by atoms with Gasteiger partial charge in [0.05, 0.1) is 6.04 Å². The number of thiazole rings is 1. The Labute approximate surface area is 169 Å². The van der Waals surface area contributed by atoms with Crippen LogP contribution in [0, 0.1) is 0 Å². The number of Topliss-reactive ketones (excluding diaryl/α,β-unsaturated/α-hetero) is 1. The van der Waals surface area contributed by atoms with E-state index in [0.717, 1.165) is 19.3 Å². The van der Waals surface area contributed by atoms with Gasteiger partial charge >= 0.3 is 0 Å². The zero-order valence-electron chi connectivity index (χ0n) is 16.0. The van der Waals surface area contributed by atoms with Gasteiger partial charge in [0.25, 0.3) is 0 Å². The number of carbonyl (C=O) groups is 3. The average Bonchev–Trinajstić information content (AvgIpc) is 3.40. The summed E-state index contributed by atoms with van der Waals surface area (Å²) in [6.45, 7) is 2.25. The number of nitrogens with zero attached hydrogens (tertiary/aromatic N) is 2. The van der Waals surface area contributed by atoms with Crippen LogP contribution in [0.25, 0.3) is 0 Å². The number of ketones is 1. The Morgan fingerprint density at radius 1 is 1.29 bits per heavy atom. The van der Waals surface area contributed by atoms with Gasteiger partial charge in [-0.3, -0.25) is 14.4 Å². The first kappa shape index (κ1) is 20.2. The molecule has 148 valence electrons. The molecule has 0 aliphatic carbocycles. The topological polar surface area (TPSA) is 79.4 Å². The standard InChI is InChI=1S/C21H25N3O3S/c1-15(19(26)21-22-12-14-28-21)23-20(27)17-10-6-13-24(17)18(25)11-5-9-16-7-3-2-4-8-16/h2-4,7-8,12,14-15,17H,5-6,9-11,13H2,1H3,(H,23,27)/t15-,17-/m0/s1. The largest absolute Gasteiger partial charge is 0.344 e. The van der Waals surface area contributed by atoms with Crippen molar-refractivity contribution in [3.63, 3.8) is 0 Å². The fourth-order valence-corrected chi connectivity index (χ4v) is 4.14. The van der Waals surface area contributed by atoms with Crippen LogP contribution in [0.1, 0.15) is 48.0 Å². The number of aryl methyl sites for hydroxylation is 1. The Balaban J connectivity index is 1.50. The van der Waals surface area contributed by atoms with E-state index in [1.807, 2.05) is 18.2 Å². The molecule has 3 rings (SSSR count). The summed E-state index contributed by atoms with van der Waals surface area (Å²) in [7, 11) is 0. The van der Waals surface area contributed by atoms with E-state index in [1.54, 1.807) is 23.4 Å². The maximum Gasteiger partial charge on any atom is 0.243 e. The van der Waals surface area contributed by atoms with E-state index in [2.05, 4.69) is 22.4 Å². The van der Waals surface area contributed by atoms with Crippen LogP contribution in [-0.2, 0) is 16.0 Å². The van der Waals surface area contributed by atoms with E-state index in [9.17, 15) is 14.4 Å². The number of hydrogen-bond acceptors (Lipinski definition) is 5. The SMILES string of the molecule is C[C@H](NC(=O)[C@@H]1CCCN1C(=O)CCCc1ccccc1)C(=O)c1nccs1. The van der Waals surface area contributed by atoms with Gasteiger partial charge in [0.1, 0.15) is 6.04 Å². The van der Waals surface area contributed by atoms with Crippen LogP contribution in [0.3, 0.4) is 0 Å². The molecule has 1 N–H and O–H groups in total. The van der Waals surface area contributed by atoms with Crippen LogP contribution < -0.4 is 5.32 Å². The average molecular weight is 400 g/mol. The summed E-state index contributed by atoms with van der Waals surface area (Å²) in [5, 5.41) is 4.87. The Hall–Kier alpha value is -2.54. The minimum absolute atomic E-state index is 0.00693. The van der Waals surface area contributed by atoms with Gasteiger partial charge < -0.3 is 10.2 Å². The number of carbonyl (C=O) groups excluding carboxylic acids is 3. The van der Waals surface area contributed by atoms with Crippen molar-refractivity contribution in [2.45, 2.75) is 51.1 Å². The van der Waals surface area contributed by atoms with Crippen LogP contribution in [0.4, 0.5) is 0 Å². The Bertz CT molecular complexity index is 808. The summed E-state index contributed by atoms with van der Waals surface area (Å²) in [5.74, 6) is -0.458. The highest BCUT2D eigenvalue weighted by Crippen LogP contribution is 2.20. The molecule has 0 unspecified atom stereocenters. The highest BCUT2D eigenvalue weighted by Gasteiger charge is 2.35. The highest BCUT2D eigenvalue weighted by molar-refractivity contribution is 7.11. The van der Waals surface area contributed by atoms with Gasteiger partial charge in [-0.15, -0.1) is 11.3 Å². The van der Waals surface area contributed by atoms with E-state index < -0.39 is 12.1 Å². The lowest BCUT2D eigenvalue weighted by Crippen LogP contribution is -2.50. The highest BCUT2D eigenvalue weighted by atomic mass is 32.1. The van der Waals surface area contributed by atoms with E-state index in [1.165, 1.54) is 16.9 Å². The molecular weight excluding hydrogens is 374 g/mol.